The molecule has 4 heterocycles. The molecule has 5 nitrogen and oxygen atoms in total. The summed E-state index contributed by atoms with van der Waals surface area (Å²) in [5.41, 5.74) is 11.5. The molecule has 63 heavy (non-hydrogen) atoms. The third-order valence-corrected chi connectivity index (χ3v) is 13.1. The summed E-state index contributed by atoms with van der Waals surface area (Å²) in [4.78, 5) is 11.2. The number of benzene rings is 10. The van der Waals surface area contributed by atoms with Crippen molar-refractivity contribution < 1.29 is 4.42 Å². The Morgan fingerprint density at radius 2 is 0.968 bits per heavy atom. The second-order valence-electron chi connectivity index (χ2n) is 16.6. The van der Waals surface area contributed by atoms with Crippen molar-refractivity contribution in [1.29, 1.82) is 0 Å². The maximum atomic E-state index is 6.70. The normalized spacial score (nSPS) is 12.1. The van der Waals surface area contributed by atoms with Gasteiger partial charge in [0.25, 0.3) is 0 Å². The zero-order valence-corrected chi connectivity index (χ0v) is 33.8. The Morgan fingerprint density at radius 3 is 1.83 bits per heavy atom. The molecule has 0 unspecified atom stereocenters. The average Bonchev–Trinajstić information content (AvgIpc) is 3.99. The third kappa shape index (κ3) is 5.05. The summed E-state index contributed by atoms with van der Waals surface area (Å²) in [6.07, 6.45) is 0. The van der Waals surface area contributed by atoms with E-state index in [1.165, 1.54) is 43.1 Å². The third-order valence-electron chi connectivity index (χ3n) is 13.1. The number of rotatable bonds is 4. The van der Waals surface area contributed by atoms with E-state index in [1.54, 1.807) is 0 Å². The predicted molar refractivity (Wildman–Crippen MR) is 261 cm³/mol. The molecule has 292 valence electrons. The summed E-state index contributed by atoms with van der Waals surface area (Å²) >= 11 is 0. The Balaban J connectivity index is 1.09. The summed E-state index contributed by atoms with van der Waals surface area (Å²) in [5.74, 6) is 0.716. The van der Waals surface area contributed by atoms with Gasteiger partial charge in [-0.05, 0) is 110 Å². The first-order valence-electron chi connectivity index (χ1n) is 21.4. The molecule has 14 rings (SSSR count). The van der Waals surface area contributed by atoms with Gasteiger partial charge in [0.2, 0.25) is 5.71 Å². The zero-order valence-electron chi connectivity index (χ0n) is 33.8. The Labute approximate surface area is 360 Å². The van der Waals surface area contributed by atoms with Crippen LogP contribution in [0.4, 0.5) is 0 Å². The maximum absolute atomic E-state index is 6.70. The molecule has 0 N–H and O–H groups in total. The molecule has 0 saturated heterocycles. The van der Waals surface area contributed by atoms with E-state index in [0.29, 0.717) is 11.5 Å². The van der Waals surface area contributed by atoms with E-state index in [1.807, 2.05) is 0 Å². The highest BCUT2D eigenvalue weighted by Gasteiger charge is 2.24. The minimum absolute atomic E-state index is 0.498. The van der Waals surface area contributed by atoms with Crippen LogP contribution in [0.15, 0.2) is 211 Å². The fraction of sp³-hybridized carbons (Fsp3) is 0. The zero-order chi connectivity index (χ0) is 41.2. The summed E-state index contributed by atoms with van der Waals surface area (Å²) in [6.45, 7) is 0. The molecule has 0 amide bonds. The van der Waals surface area contributed by atoms with Crippen molar-refractivity contribution in [2.75, 3.05) is 0 Å². The van der Waals surface area contributed by atoms with Gasteiger partial charge < -0.3 is 8.98 Å². The van der Waals surface area contributed by atoms with Crippen LogP contribution in [-0.4, -0.2) is 19.1 Å². The highest BCUT2D eigenvalue weighted by molar-refractivity contribution is 6.23. The summed E-state index contributed by atoms with van der Waals surface area (Å²) in [7, 11) is 0. The molecule has 5 heteroatoms. The first kappa shape index (κ1) is 34.2. The fourth-order valence-corrected chi connectivity index (χ4v) is 10.1. The largest absolute Gasteiger partial charge is 0.436 e. The molecule has 14 aromatic rings. The van der Waals surface area contributed by atoms with Gasteiger partial charge in [-0.3, -0.25) is 4.57 Å². The Hall–Kier alpha value is -8.54. The Bertz CT molecular complexity index is 4210. The molecule has 4 aromatic heterocycles. The molecule has 0 spiro atoms. The highest BCUT2D eigenvalue weighted by Crippen LogP contribution is 2.43. The van der Waals surface area contributed by atoms with Crippen LogP contribution in [0.25, 0.3) is 132 Å². The van der Waals surface area contributed by atoms with Crippen LogP contribution in [0, 0.1) is 0 Å². The number of hydrogen-bond acceptors (Lipinski definition) is 3. The van der Waals surface area contributed by atoms with Gasteiger partial charge in [0.15, 0.2) is 5.82 Å². The summed E-state index contributed by atoms with van der Waals surface area (Å²) in [6, 6.07) is 73.9. The van der Waals surface area contributed by atoms with E-state index in [4.69, 9.17) is 14.4 Å². The van der Waals surface area contributed by atoms with E-state index in [0.717, 1.165) is 77.4 Å². The number of aromatic nitrogens is 4. The lowest BCUT2D eigenvalue weighted by Gasteiger charge is -2.13. The van der Waals surface area contributed by atoms with Gasteiger partial charge >= 0.3 is 0 Å². The van der Waals surface area contributed by atoms with Gasteiger partial charge in [-0.25, -0.2) is 4.98 Å². The molecule has 0 saturated carbocycles. The van der Waals surface area contributed by atoms with Gasteiger partial charge in [-0.1, -0.05) is 140 Å². The number of hydrogen-bond donors (Lipinski definition) is 0. The van der Waals surface area contributed by atoms with Gasteiger partial charge in [0.05, 0.1) is 22.1 Å². The van der Waals surface area contributed by atoms with Crippen LogP contribution in [0.2, 0.25) is 0 Å². The topological polar surface area (TPSA) is 48.8 Å². The summed E-state index contributed by atoms with van der Waals surface area (Å²) < 4.78 is 11.4. The molecule has 0 atom stereocenters. The Kier molecular flexibility index (Phi) is 7.05. The number of nitrogens with zero attached hydrogens (tertiary/aromatic N) is 4. The van der Waals surface area contributed by atoms with Crippen molar-refractivity contribution >= 4 is 98.1 Å². The monoisotopic (exact) mass is 802 g/mol. The lowest BCUT2D eigenvalue weighted by atomic mass is 10.00. The molecular formula is C58H34N4O. The average molecular weight is 803 g/mol. The van der Waals surface area contributed by atoms with Gasteiger partial charge in [0.1, 0.15) is 16.8 Å². The van der Waals surface area contributed by atoms with Crippen LogP contribution >= 0.6 is 0 Å². The molecule has 0 fully saturated rings. The van der Waals surface area contributed by atoms with Crippen LogP contribution in [0.1, 0.15) is 0 Å². The quantitative estimate of drug-likeness (QED) is 0.178. The van der Waals surface area contributed by atoms with E-state index in [2.05, 4.69) is 215 Å². The molecule has 0 aliphatic carbocycles. The molecular weight excluding hydrogens is 769 g/mol. The van der Waals surface area contributed by atoms with Crippen molar-refractivity contribution in [2.24, 2.45) is 0 Å². The van der Waals surface area contributed by atoms with Gasteiger partial charge in [-0.15, -0.1) is 0 Å². The van der Waals surface area contributed by atoms with Gasteiger partial charge in [-0.2, -0.15) is 4.98 Å². The second-order valence-corrected chi connectivity index (χ2v) is 16.6. The molecule has 0 aliphatic heterocycles. The van der Waals surface area contributed by atoms with Crippen molar-refractivity contribution in [3.63, 3.8) is 0 Å². The lowest BCUT2D eigenvalue weighted by molar-refractivity contribution is 0.652. The van der Waals surface area contributed by atoms with E-state index < -0.39 is 0 Å². The number of fused-ring (bicyclic) bond motifs is 13. The van der Waals surface area contributed by atoms with E-state index in [-0.39, 0.29) is 0 Å². The standard InChI is InChI=1S/C58H34N4O/c1-2-17-43(18-3-1)61-49-21-11-10-20-45(49)46-33-42(25-27-50(46)61)55-57(60-58-56(59-55)48-32-41(26-29-53(48)63-58)40-23-22-35-12-4-5-14-37(35)30-40)62-51-28-24-36-13-8-9-19-44(36)54(51)47-31-38-15-6-7-16-39(38)34-52(47)62/h1-34H. The molecule has 0 bridgehead atoms. The van der Waals surface area contributed by atoms with Crippen LogP contribution in [0.5, 0.6) is 0 Å². The predicted octanol–water partition coefficient (Wildman–Crippen LogP) is 15.4. The minimum Gasteiger partial charge on any atom is -0.436 e. The first-order valence-corrected chi connectivity index (χ1v) is 21.4. The van der Waals surface area contributed by atoms with Crippen molar-refractivity contribution in [1.82, 2.24) is 19.1 Å². The fourth-order valence-electron chi connectivity index (χ4n) is 10.1. The summed E-state index contributed by atoms with van der Waals surface area (Å²) in [5, 5.41) is 12.8. The van der Waals surface area contributed by atoms with Crippen molar-refractivity contribution in [3.05, 3.63) is 206 Å². The smallest absolute Gasteiger partial charge is 0.248 e. The molecule has 10 aromatic carbocycles. The first-order chi connectivity index (χ1) is 31.2. The Morgan fingerprint density at radius 1 is 0.349 bits per heavy atom. The molecule has 0 aliphatic rings. The highest BCUT2D eigenvalue weighted by atomic mass is 16.3. The number of furan rings is 1. The SMILES string of the molecule is c1ccc(-n2c3ccccc3c3cc(-c4nc5c(nc4-n4c6cc7ccccc7cc6c6c7ccccc7ccc64)oc4ccc(-c6ccc7ccccc7c6)cc45)ccc32)cc1. The van der Waals surface area contributed by atoms with E-state index in [9.17, 15) is 0 Å². The van der Waals surface area contributed by atoms with Crippen molar-refractivity contribution in [3.8, 4) is 33.9 Å². The number of para-hydroxylation sites is 2. The second kappa shape index (κ2) is 13.0. The van der Waals surface area contributed by atoms with Crippen molar-refractivity contribution in [2.45, 2.75) is 0 Å². The van der Waals surface area contributed by atoms with Crippen LogP contribution in [-0.2, 0) is 0 Å². The van der Waals surface area contributed by atoms with E-state index >= 15 is 0 Å². The minimum atomic E-state index is 0.498. The van der Waals surface area contributed by atoms with Crippen LogP contribution < -0.4 is 0 Å². The van der Waals surface area contributed by atoms with Crippen LogP contribution in [0.3, 0.4) is 0 Å². The van der Waals surface area contributed by atoms with Gasteiger partial charge in [0, 0.05) is 38.2 Å². The molecule has 0 radical (unpaired) electrons. The lowest BCUT2D eigenvalue weighted by Crippen LogP contribution is -2.03. The maximum Gasteiger partial charge on any atom is 0.248 e.